The third-order valence-electron chi connectivity index (χ3n) is 3.03. The van der Waals surface area contributed by atoms with Gasteiger partial charge in [-0.05, 0) is 6.92 Å². The standard InChI is InChI=1S/C14H11N3O3/c1-8-2-4-9(5-3-8)10-7-13(18)17-12(15-10)6-11(16-17)14(19)20/h2-7,16H,1H3,(H,19,20). The van der Waals surface area contributed by atoms with E-state index < -0.39 is 5.97 Å². The zero-order valence-corrected chi connectivity index (χ0v) is 10.6. The van der Waals surface area contributed by atoms with Gasteiger partial charge in [0.05, 0.1) is 5.69 Å². The summed E-state index contributed by atoms with van der Waals surface area (Å²) in [4.78, 5) is 27.2. The van der Waals surface area contributed by atoms with E-state index in [9.17, 15) is 9.59 Å². The van der Waals surface area contributed by atoms with Gasteiger partial charge in [-0.3, -0.25) is 9.89 Å². The lowest BCUT2D eigenvalue weighted by Gasteiger charge is -2.01. The van der Waals surface area contributed by atoms with Gasteiger partial charge in [-0.2, -0.15) is 0 Å². The molecule has 0 aliphatic rings. The molecule has 6 nitrogen and oxygen atoms in total. The van der Waals surface area contributed by atoms with E-state index in [0.29, 0.717) is 5.69 Å². The van der Waals surface area contributed by atoms with Gasteiger partial charge in [0, 0.05) is 17.7 Å². The summed E-state index contributed by atoms with van der Waals surface area (Å²) in [6, 6.07) is 10.3. The number of fused-ring (bicyclic) bond motifs is 1. The first-order valence-electron chi connectivity index (χ1n) is 5.98. The molecule has 0 aliphatic heterocycles. The van der Waals surface area contributed by atoms with E-state index >= 15 is 0 Å². The molecule has 2 aromatic heterocycles. The summed E-state index contributed by atoms with van der Waals surface area (Å²) >= 11 is 0. The summed E-state index contributed by atoms with van der Waals surface area (Å²) in [5, 5.41) is 11.4. The smallest absolute Gasteiger partial charge is 0.353 e. The highest BCUT2D eigenvalue weighted by Crippen LogP contribution is 2.17. The van der Waals surface area contributed by atoms with Crippen LogP contribution in [0.5, 0.6) is 0 Å². The maximum atomic E-state index is 12.0. The lowest BCUT2D eigenvalue weighted by atomic mass is 10.1. The Kier molecular flexibility index (Phi) is 2.64. The van der Waals surface area contributed by atoms with Crippen molar-refractivity contribution in [2.75, 3.05) is 0 Å². The van der Waals surface area contributed by atoms with Crippen LogP contribution in [0.3, 0.4) is 0 Å². The van der Waals surface area contributed by atoms with E-state index in [4.69, 9.17) is 5.11 Å². The minimum atomic E-state index is -1.13. The molecule has 1 aromatic carbocycles. The number of rotatable bonds is 2. The van der Waals surface area contributed by atoms with Crippen molar-refractivity contribution in [3.05, 3.63) is 58.0 Å². The fourth-order valence-corrected chi connectivity index (χ4v) is 1.97. The van der Waals surface area contributed by atoms with Crippen molar-refractivity contribution >= 4 is 11.6 Å². The van der Waals surface area contributed by atoms with Gasteiger partial charge in [0.15, 0.2) is 5.65 Å². The van der Waals surface area contributed by atoms with Crippen molar-refractivity contribution in [3.63, 3.8) is 0 Å². The van der Waals surface area contributed by atoms with Gasteiger partial charge in [-0.25, -0.2) is 14.3 Å². The number of carbonyl (C=O) groups is 1. The normalized spacial score (nSPS) is 10.8. The highest BCUT2D eigenvalue weighted by Gasteiger charge is 2.11. The molecule has 0 spiro atoms. The van der Waals surface area contributed by atoms with Crippen molar-refractivity contribution in [1.82, 2.24) is 14.6 Å². The quantitative estimate of drug-likeness (QED) is 0.741. The van der Waals surface area contributed by atoms with Crippen LogP contribution in [-0.2, 0) is 0 Å². The molecule has 0 atom stereocenters. The minimum absolute atomic E-state index is 0.0735. The molecule has 0 bridgehead atoms. The Labute approximate surface area is 113 Å². The van der Waals surface area contributed by atoms with E-state index in [1.165, 1.54) is 12.1 Å². The number of H-pyrrole nitrogens is 1. The molecule has 6 heteroatoms. The predicted molar refractivity (Wildman–Crippen MR) is 72.9 cm³/mol. The number of aromatic carboxylic acids is 1. The van der Waals surface area contributed by atoms with Gasteiger partial charge in [0.1, 0.15) is 5.69 Å². The van der Waals surface area contributed by atoms with Crippen LogP contribution in [0.25, 0.3) is 16.9 Å². The van der Waals surface area contributed by atoms with Crippen molar-refractivity contribution in [1.29, 1.82) is 0 Å². The zero-order chi connectivity index (χ0) is 14.3. The fraction of sp³-hybridized carbons (Fsp3) is 0.0714. The minimum Gasteiger partial charge on any atom is -0.477 e. The van der Waals surface area contributed by atoms with Crippen LogP contribution in [0.15, 0.2) is 41.2 Å². The molecule has 20 heavy (non-hydrogen) atoms. The molecule has 0 unspecified atom stereocenters. The maximum absolute atomic E-state index is 12.0. The summed E-state index contributed by atoms with van der Waals surface area (Å²) < 4.78 is 1.11. The molecule has 100 valence electrons. The van der Waals surface area contributed by atoms with Crippen molar-refractivity contribution in [2.24, 2.45) is 0 Å². The highest BCUT2D eigenvalue weighted by molar-refractivity contribution is 5.86. The number of nitrogens with one attached hydrogen (secondary N) is 1. The molecule has 0 aliphatic carbocycles. The molecule has 2 N–H and O–H groups in total. The lowest BCUT2D eigenvalue weighted by Crippen LogP contribution is -2.14. The SMILES string of the molecule is Cc1ccc(-c2cc(=O)n3[nH]c(C(=O)O)cc3n2)cc1. The number of benzene rings is 1. The van der Waals surface area contributed by atoms with Gasteiger partial charge in [-0.15, -0.1) is 0 Å². The van der Waals surface area contributed by atoms with Gasteiger partial charge in [0.25, 0.3) is 5.56 Å². The first-order chi connectivity index (χ1) is 9.54. The second-order valence-corrected chi connectivity index (χ2v) is 4.51. The Balaban J connectivity index is 2.21. The highest BCUT2D eigenvalue weighted by atomic mass is 16.4. The van der Waals surface area contributed by atoms with E-state index in [0.717, 1.165) is 15.6 Å². The van der Waals surface area contributed by atoms with Gasteiger partial charge in [-0.1, -0.05) is 29.8 Å². The number of nitrogens with zero attached hydrogens (tertiary/aromatic N) is 2. The largest absolute Gasteiger partial charge is 0.477 e. The second-order valence-electron chi connectivity index (χ2n) is 4.51. The molecular weight excluding hydrogens is 258 g/mol. The number of aryl methyl sites for hydroxylation is 1. The van der Waals surface area contributed by atoms with Crippen LogP contribution in [0, 0.1) is 6.92 Å². The summed E-state index contributed by atoms with van der Waals surface area (Å²) in [5.41, 5.74) is 2.31. The average molecular weight is 269 g/mol. The molecule has 3 aromatic rings. The first-order valence-corrected chi connectivity index (χ1v) is 5.98. The molecule has 0 saturated heterocycles. The maximum Gasteiger partial charge on any atom is 0.353 e. The second kappa shape index (κ2) is 4.34. The van der Waals surface area contributed by atoms with E-state index in [1.807, 2.05) is 31.2 Å². The van der Waals surface area contributed by atoms with Gasteiger partial charge >= 0.3 is 5.97 Å². The molecule has 0 saturated carbocycles. The Morgan fingerprint density at radius 3 is 2.60 bits per heavy atom. The molecule has 0 amide bonds. The Morgan fingerprint density at radius 1 is 1.25 bits per heavy atom. The summed E-state index contributed by atoms with van der Waals surface area (Å²) in [5.74, 6) is -1.13. The third-order valence-corrected chi connectivity index (χ3v) is 3.03. The number of hydrogen-bond acceptors (Lipinski definition) is 3. The van der Waals surface area contributed by atoms with Crippen LogP contribution in [0.2, 0.25) is 0 Å². The van der Waals surface area contributed by atoms with Crippen LogP contribution < -0.4 is 5.56 Å². The van der Waals surface area contributed by atoms with Crippen LogP contribution in [0.4, 0.5) is 0 Å². The number of hydrogen-bond donors (Lipinski definition) is 2. The Hall–Kier alpha value is -2.89. The predicted octanol–water partition coefficient (Wildman–Crippen LogP) is 1.70. The van der Waals surface area contributed by atoms with Crippen molar-refractivity contribution in [3.8, 4) is 11.3 Å². The molecular formula is C14H11N3O3. The summed E-state index contributed by atoms with van der Waals surface area (Å²) in [6.45, 7) is 1.97. The van der Waals surface area contributed by atoms with Crippen molar-refractivity contribution in [2.45, 2.75) is 6.92 Å². The van der Waals surface area contributed by atoms with Crippen LogP contribution in [0.1, 0.15) is 16.1 Å². The molecule has 0 radical (unpaired) electrons. The van der Waals surface area contributed by atoms with E-state index in [-0.39, 0.29) is 16.9 Å². The Morgan fingerprint density at radius 2 is 1.95 bits per heavy atom. The van der Waals surface area contributed by atoms with Crippen molar-refractivity contribution < 1.29 is 9.90 Å². The lowest BCUT2D eigenvalue weighted by molar-refractivity contribution is 0.0690. The average Bonchev–Trinajstić information content (AvgIpc) is 2.84. The zero-order valence-electron chi connectivity index (χ0n) is 10.6. The summed E-state index contributed by atoms with van der Waals surface area (Å²) in [7, 11) is 0. The molecule has 0 fully saturated rings. The van der Waals surface area contributed by atoms with Crippen LogP contribution in [-0.4, -0.2) is 25.7 Å². The van der Waals surface area contributed by atoms with Gasteiger partial charge in [0.2, 0.25) is 0 Å². The third kappa shape index (κ3) is 1.97. The molecule has 3 rings (SSSR count). The van der Waals surface area contributed by atoms with Gasteiger partial charge < -0.3 is 5.11 Å². The number of carboxylic acids is 1. The Bertz CT molecular complexity index is 859. The number of aromatic nitrogens is 3. The molecule has 2 heterocycles. The first kappa shape index (κ1) is 12.2. The fourth-order valence-electron chi connectivity index (χ4n) is 1.97. The van der Waals surface area contributed by atoms with E-state index in [2.05, 4.69) is 10.1 Å². The number of aromatic amines is 1. The van der Waals surface area contributed by atoms with Crippen LogP contribution >= 0.6 is 0 Å². The van der Waals surface area contributed by atoms with E-state index in [1.54, 1.807) is 0 Å². The number of carboxylic acid groups (broad SMARTS) is 1. The topological polar surface area (TPSA) is 87.5 Å². The summed E-state index contributed by atoms with van der Waals surface area (Å²) in [6.07, 6.45) is 0. The monoisotopic (exact) mass is 269 g/mol.